The summed E-state index contributed by atoms with van der Waals surface area (Å²) < 4.78 is 26.2. The first kappa shape index (κ1) is 20.9. The van der Waals surface area contributed by atoms with Crippen LogP contribution in [0.5, 0.6) is 0 Å². The molecule has 0 aromatic heterocycles. The molecule has 0 radical (unpaired) electrons. The smallest absolute Gasteiger partial charge is 0.251 e. The third-order valence-electron chi connectivity index (χ3n) is 6.58. The summed E-state index contributed by atoms with van der Waals surface area (Å²) in [6.07, 6.45) is 7.58. The fourth-order valence-corrected chi connectivity index (χ4v) is 6.96. The maximum atomic E-state index is 12.8. The highest BCUT2D eigenvalue weighted by molar-refractivity contribution is 7.92. The number of rotatable bonds is 4. The maximum absolute atomic E-state index is 12.8. The summed E-state index contributed by atoms with van der Waals surface area (Å²) in [5, 5.41) is 3.45. The fraction of sp³-hybridized carbons (Fsp3) is 0.667. The third kappa shape index (κ3) is 4.57. The monoisotopic (exact) mass is 439 g/mol. The summed E-state index contributed by atoms with van der Waals surface area (Å²) in [4.78, 5) is 15.4. The SMILES string of the molecule is O=C(NC[C@@H]1CCCN2CCCC[C@H]12)c1ccc(Cl)c(N2CCCCS2(=O)=O)c1. The van der Waals surface area contributed by atoms with E-state index in [1.54, 1.807) is 18.2 Å². The minimum absolute atomic E-state index is 0.124. The molecule has 1 amide bonds. The molecular weight excluding hydrogens is 410 g/mol. The topological polar surface area (TPSA) is 69.7 Å². The maximum Gasteiger partial charge on any atom is 0.251 e. The van der Waals surface area contributed by atoms with Crippen molar-refractivity contribution in [1.29, 1.82) is 0 Å². The van der Waals surface area contributed by atoms with Crippen molar-refractivity contribution >= 4 is 33.2 Å². The summed E-state index contributed by atoms with van der Waals surface area (Å²) in [5.74, 6) is 0.451. The molecule has 0 unspecified atom stereocenters. The van der Waals surface area contributed by atoms with Crippen LogP contribution in [0.3, 0.4) is 0 Å². The van der Waals surface area contributed by atoms with Crippen molar-refractivity contribution in [1.82, 2.24) is 10.2 Å². The van der Waals surface area contributed by atoms with E-state index in [0.29, 0.717) is 47.7 Å². The molecular formula is C21H30ClN3O3S. The first-order valence-corrected chi connectivity index (χ1v) is 12.8. The minimum Gasteiger partial charge on any atom is -0.352 e. The first-order valence-electron chi connectivity index (χ1n) is 10.8. The average Bonchev–Trinajstić information content (AvgIpc) is 2.72. The molecule has 0 spiro atoms. The Labute approximate surface area is 178 Å². The highest BCUT2D eigenvalue weighted by Gasteiger charge is 2.33. The number of fused-ring (bicyclic) bond motifs is 1. The molecule has 29 heavy (non-hydrogen) atoms. The van der Waals surface area contributed by atoms with E-state index in [9.17, 15) is 13.2 Å². The van der Waals surface area contributed by atoms with Gasteiger partial charge in [-0.2, -0.15) is 0 Å². The van der Waals surface area contributed by atoms with Crippen molar-refractivity contribution in [2.24, 2.45) is 5.92 Å². The van der Waals surface area contributed by atoms with E-state index in [1.807, 2.05) is 0 Å². The normalized spacial score (nSPS) is 27.3. The predicted octanol–water partition coefficient (Wildman–Crippen LogP) is 3.26. The zero-order valence-electron chi connectivity index (χ0n) is 16.8. The molecule has 0 aliphatic carbocycles. The minimum atomic E-state index is -3.37. The Hall–Kier alpha value is -1.31. The van der Waals surface area contributed by atoms with Crippen molar-refractivity contribution in [3.8, 4) is 0 Å². The number of hydrogen-bond acceptors (Lipinski definition) is 4. The standard InChI is InChI=1S/C21H30ClN3O3S/c22-18-9-8-16(14-20(18)25-12-3-4-13-29(25,27)28)21(26)23-15-17-6-5-11-24-10-2-1-7-19(17)24/h8-9,14,17,19H,1-7,10-13,15H2,(H,23,26)/t17-,19+/m0/s1. The van der Waals surface area contributed by atoms with Gasteiger partial charge in [-0.05, 0) is 75.7 Å². The van der Waals surface area contributed by atoms with Gasteiger partial charge in [0.25, 0.3) is 5.91 Å². The van der Waals surface area contributed by atoms with Gasteiger partial charge in [0.2, 0.25) is 10.0 Å². The summed E-state index contributed by atoms with van der Waals surface area (Å²) in [6.45, 7) is 3.44. The second-order valence-corrected chi connectivity index (χ2v) is 10.9. The van der Waals surface area contributed by atoms with Crippen LogP contribution in [0.25, 0.3) is 0 Å². The van der Waals surface area contributed by atoms with Gasteiger partial charge in [-0.1, -0.05) is 18.0 Å². The summed E-state index contributed by atoms with van der Waals surface area (Å²) in [6, 6.07) is 5.50. The van der Waals surface area contributed by atoms with Crippen LogP contribution in [0, 0.1) is 5.92 Å². The average molecular weight is 440 g/mol. The number of nitrogens with one attached hydrogen (secondary N) is 1. The molecule has 1 aromatic rings. The highest BCUT2D eigenvalue weighted by Crippen LogP contribution is 2.32. The van der Waals surface area contributed by atoms with Gasteiger partial charge < -0.3 is 10.2 Å². The number of nitrogens with zero attached hydrogens (tertiary/aromatic N) is 2. The van der Waals surface area contributed by atoms with Crippen molar-refractivity contribution < 1.29 is 13.2 Å². The Morgan fingerprint density at radius 2 is 1.86 bits per heavy atom. The Balaban J connectivity index is 1.45. The van der Waals surface area contributed by atoms with Gasteiger partial charge in [0.05, 0.1) is 16.5 Å². The molecule has 2 atom stereocenters. The fourth-order valence-electron chi connectivity index (χ4n) is 5.05. The first-order chi connectivity index (χ1) is 14.0. The molecule has 8 heteroatoms. The summed E-state index contributed by atoms with van der Waals surface area (Å²) in [5.41, 5.74) is 0.872. The van der Waals surface area contributed by atoms with Crippen molar-refractivity contribution in [2.75, 3.05) is 36.2 Å². The number of hydrogen-bond donors (Lipinski definition) is 1. The van der Waals surface area contributed by atoms with E-state index in [2.05, 4.69) is 10.2 Å². The molecule has 3 fully saturated rings. The molecule has 3 saturated heterocycles. The van der Waals surface area contributed by atoms with E-state index in [4.69, 9.17) is 11.6 Å². The second kappa shape index (κ2) is 8.82. The second-order valence-electron chi connectivity index (χ2n) is 8.47. The third-order valence-corrected chi connectivity index (χ3v) is 8.75. The van der Waals surface area contributed by atoms with E-state index in [0.717, 1.165) is 12.8 Å². The lowest BCUT2D eigenvalue weighted by Crippen LogP contribution is -2.51. The predicted molar refractivity (Wildman–Crippen MR) is 116 cm³/mol. The van der Waals surface area contributed by atoms with Crippen LogP contribution >= 0.6 is 11.6 Å². The number of benzene rings is 1. The molecule has 4 rings (SSSR count). The van der Waals surface area contributed by atoms with Gasteiger partial charge in [-0.25, -0.2) is 8.42 Å². The Kier molecular flexibility index (Phi) is 6.37. The molecule has 6 nitrogen and oxygen atoms in total. The molecule has 3 aliphatic rings. The number of halogens is 1. The number of carbonyl (C=O) groups excluding carboxylic acids is 1. The van der Waals surface area contributed by atoms with Crippen LogP contribution in [0.1, 0.15) is 55.3 Å². The lowest BCUT2D eigenvalue weighted by Gasteiger charge is -2.44. The Morgan fingerprint density at radius 3 is 2.69 bits per heavy atom. The van der Waals surface area contributed by atoms with Crippen LogP contribution in [-0.2, 0) is 10.0 Å². The summed E-state index contributed by atoms with van der Waals surface area (Å²) >= 11 is 6.29. The summed E-state index contributed by atoms with van der Waals surface area (Å²) in [7, 11) is -3.37. The van der Waals surface area contributed by atoms with Gasteiger partial charge in [-0.3, -0.25) is 9.10 Å². The van der Waals surface area contributed by atoms with Crippen molar-refractivity contribution in [3.63, 3.8) is 0 Å². The molecule has 3 aliphatic heterocycles. The number of amides is 1. The van der Waals surface area contributed by atoms with E-state index >= 15 is 0 Å². The van der Waals surface area contributed by atoms with Crippen LogP contribution < -0.4 is 9.62 Å². The van der Waals surface area contributed by atoms with Crippen LogP contribution in [0.15, 0.2) is 18.2 Å². The van der Waals surface area contributed by atoms with E-state index < -0.39 is 10.0 Å². The van der Waals surface area contributed by atoms with Crippen LogP contribution in [0.4, 0.5) is 5.69 Å². The Morgan fingerprint density at radius 1 is 1.07 bits per heavy atom. The van der Waals surface area contributed by atoms with Gasteiger partial charge >= 0.3 is 0 Å². The molecule has 3 heterocycles. The molecule has 0 saturated carbocycles. The zero-order valence-corrected chi connectivity index (χ0v) is 18.3. The highest BCUT2D eigenvalue weighted by atomic mass is 35.5. The molecule has 0 bridgehead atoms. The quantitative estimate of drug-likeness (QED) is 0.781. The van der Waals surface area contributed by atoms with Gasteiger partial charge in [0.1, 0.15) is 0 Å². The van der Waals surface area contributed by atoms with E-state index in [1.165, 1.54) is 43.1 Å². The van der Waals surface area contributed by atoms with Crippen LogP contribution in [-0.4, -0.2) is 57.2 Å². The van der Waals surface area contributed by atoms with E-state index in [-0.39, 0.29) is 11.7 Å². The lowest BCUT2D eigenvalue weighted by atomic mass is 9.83. The number of anilines is 1. The molecule has 1 N–H and O–H groups in total. The van der Waals surface area contributed by atoms with Gasteiger partial charge in [0.15, 0.2) is 0 Å². The number of piperidine rings is 2. The Bertz CT molecular complexity index is 859. The van der Waals surface area contributed by atoms with Crippen LogP contribution in [0.2, 0.25) is 5.02 Å². The van der Waals surface area contributed by atoms with Crippen molar-refractivity contribution in [3.05, 3.63) is 28.8 Å². The zero-order chi connectivity index (χ0) is 20.4. The largest absolute Gasteiger partial charge is 0.352 e. The number of carbonyl (C=O) groups is 1. The molecule has 160 valence electrons. The number of sulfonamides is 1. The van der Waals surface area contributed by atoms with Gasteiger partial charge in [0, 0.05) is 24.7 Å². The lowest BCUT2D eigenvalue weighted by molar-refractivity contribution is 0.0575. The molecule has 1 aromatic carbocycles. The van der Waals surface area contributed by atoms with Gasteiger partial charge in [-0.15, -0.1) is 0 Å². The van der Waals surface area contributed by atoms with Crippen molar-refractivity contribution in [2.45, 2.75) is 51.0 Å².